The molecule has 2 saturated heterocycles. The molecule has 0 aliphatic carbocycles. The van der Waals surface area contributed by atoms with Crippen LogP contribution in [0.5, 0.6) is 0 Å². The fourth-order valence-electron chi connectivity index (χ4n) is 6.98. The Kier molecular flexibility index (Phi) is 8.71. The second-order valence-electron chi connectivity index (χ2n) is 12.8. The lowest BCUT2D eigenvalue weighted by Crippen LogP contribution is -2.50. The molecule has 6 aromatic rings. The number of anilines is 2. The summed E-state index contributed by atoms with van der Waals surface area (Å²) in [6.07, 6.45) is -9.60. The maximum absolute atomic E-state index is 16.5. The van der Waals surface area contributed by atoms with Gasteiger partial charge in [0.05, 0.1) is 25.4 Å². The molecule has 8 atom stereocenters. The van der Waals surface area contributed by atoms with Crippen LogP contribution < -0.4 is 16.6 Å². The average Bonchev–Trinajstić information content (AvgIpc) is 3.88. The van der Waals surface area contributed by atoms with Gasteiger partial charge < -0.3 is 45.6 Å². The van der Waals surface area contributed by atoms with Gasteiger partial charge in [-0.05, 0) is 22.4 Å². The molecule has 2 aliphatic heterocycles. The van der Waals surface area contributed by atoms with Gasteiger partial charge in [0.25, 0.3) is 5.56 Å². The summed E-state index contributed by atoms with van der Waals surface area (Å²) in [6.45, 7) is -0.726. The summed E-state index contributed by atoms with van der Waals surface area (Å²) in [4.78, 5) is 55.1. The van der Waals surface area contributed by atoms with Gasteiger partial charge in [-0.25, -0.2) is 28.9 Å². The van der Waals surface area contributed by atoms with Crippen molar-refractivity contribution >= 4 is 52.7 Å². The minimum atomic E-state index is -5.43. The maximum atomic E-state index is 16.5. The Morgan fingerprint density at radius 3 is 2.49 bits per heavy atom. The Morgan fingerprint density at radius 1 is 1.00 bits per heavy atom. The maximum Gasteiger partial charge on any atom is 0.470 e. The standard InChI is InChI=1S/C31H32FN10O10P/c32-18-23(52-53(47,48)49)31(10-43,8-17-21(44)22(45)29(50-17)42-13-38-20-26(42)39-30(33)40-27(20)46)51-28(18)41-12-37-19-24(35-11-36-25(19)41)34-9-14-5-6-15-3-1-2-4-16(15)7-14/h1-7,11-13,17-18,21-23,28-29,43-45H,8-10H2,(H,34,35,36)(H2,47,48,49)(H3,33,39,40,46)/t17-,18-,21-,22-,23+,28-,29-,31-/m1/s1. The summed E-state index contributed by atoms with van der Waals surface area (Å²) in [7, 11) is -5.43. The zero-order chi connectivity index (χ0) is 37.2. The van der Waals surface area contributed by atoms with Crippen molar-refractivity contribution in [3.8, 4) is 0 Å². The van der Waals surface area contributed by atoms with E-state index >= 15 is 4.39 Å². The summed E-state index contributed by atoms with van der Waals surface area (Å²) < 4.78 is 47.9. The number of H-pyrrole nitrogens is 1. The first kappa shape index (κ1) is 35.1. The van der Waals surface area contributed by atoms with Crippen molar-refractivity contribution in [2.24, 2.45) is 0 Å². The van der Waals surface area contributed by atoms with E-state index in [2.05, 4.69) is 35.2 Å². The third-order valence-electron chi connectivity index (χ3n) is 9.47. The number of rotatable bonds is 10. The fraction of sp³-hybridized carbons (Fsp3) is 0.355. The monoisotopic (exact) mass is 754 g/mol. The zero-order valence-electron chi connectivity index (χ0n) is 27.2. The molecule has 278 valence electrons. The third-order valence-corrected chi connectivity index (χ3v) is 9.97. The van der Waals surface area contributed by atoms with Crippen LogP contribution in [0.25, 0.3) is 33.1 Å². The highest BCUT2D eigenvalue weighted by atomic mass is 31.2. The summed E-state index contributed by atoms with van der Waals surface area (Å²) in [5.74, 6) is 0.0505. The third kappa shape index (κ3) is 6.20. The van der Waals surface area contributed by atoms with E-state index in [1.54, 1.807) is 0 Å². The van der Waals surface area contributed by atoms with Gasteiger partial charge in [-0.15, -0.1) is 0 Å². The molecule has 0 bridgehead atoms. The number of aromatic amines is 1. The first-order chi connectivity index (χ1) is 25.4. The van der Waals surface area contributed by atoms with Crippen LogP contribution in [-0.4, -0.2) is 107 Å². The lowest BCUT2D eigenvalue weighted by Gasteiger charge is -2.34. The van der Waals surface area contributed by atoms with Crippen molar-refractivity contribution in [1.82, 2.24) is 39.0 Å². The van der Waals surface area contributed by atoms with Gasteiger partial charge in [-0.3, -0.25) is 23.4 Å². The predicted molar refractivity (Wildman–Crippen MR) is 181 cm³/mol. The first-order valence-electron chi connectivity index (χ1n) is 16.2. The molecule has 20 nitrogen and oxygen atoms in total. The molecule has 0 spiro atoms. The van der Waals surface area contributed by atoms with Crippen LogP contribution in [-0.2, 0) is 25.1 Å². The number of nitrogens with two attached hydrogens (primary N) is 1. The van der Waals surface area contributed by atoms with Crippen molar-refractivity contribution < 1.29 is 48.1 Å². The number of imidazole rings is 2. The highest BCUT2D eigenvalue weighted by Crippen LogP contribution is 2.52. The van der Waals surface area contributed by atoms with Crippen LogP contribution in [0.1, 0.15) is 24.4 Å². The normalized spacial score (nSPS) is 27.7. The molecule has 6 heterocycles. The van der Waals surface area contributed by atoms with Crippen LogP contribution in [0.4, 0.5) is 16.2 Å². The number of aliphatic hydroxyl groups excluding tert-OH is 3. The molecule has 0 amide bonds. The van der Waals surface area contributed by atoms with Crippen molar-refractivity contribution in [3.63, 3.8) is 0 Å². The van der Waals surface area contributed by atoms with Crippen LogP contribution >= 0.6 is 7.82 Å². The molecule has 22 heteroatoms. The molecule has 8 rings (SSSR count). The Labute approximate surface area is 296 Å². The van der Waals surface area contributed by atoms with Gasteiger partial charge in [0.2, 0.25) is 5.95 Å². The molecule has 4 aromatic heterocycles. The molecule has 0 saturated carbocycles. The van der Waals surface area contributed by atoms with E-state index in [1.807, 2.05) is 42.5 Å². The molecule has 0 unspecified atom stereocenters. The van der Waals surface area contributed by atoms with E-state index < -0.39 is 75.1 Å². The molecule has 2 fully saturated rings. The molecule has 2 aliphatic rings. The van der Waals surface area contributed by atoms with Gasteiger partial charge >= 0.3 is 7.82 Å². The number of nitrogens with zero attached hydrogens (tertiary/aromatic N) is 7. The summed E-state index contributed by atoms with van der Waals surface area (Å²) in [5, 5.41) is 38.1. The molecule has 2 aromatic carbocycles. The van der Waals surface area contributed by atoms with E-state index in [9.17, 15) is 34.5 Å². The van der Waals surface area contributed by atoms with Gasteiger partial charge in [-0.1, -0.05) is 36.4 Å². The van der Waals surface area contributed by atoms with E-state index in [1.165, 1.54) is 17.2 Å². The predicted octanol–water partition coefficient (Wildman–Crippen LogP) is 0.392. The SMILES string of the molecule is Nc1nc2c(ncn2[C@@H]2O[C@H](C[C@]3(CO)O[C@@H](n4cnc5c(NCc6ccc7ccccc7c6)ncnc54)[C@H](F)[C@@H]3OP(=O)(O)O)[C@@H](O)[C@H]2O)c(=O)[nH]1. The minimum Gasteiger partial charge on any atom is -0.393 e. The Hall–Kier alpha value is -4.96. The van der Waals surface area contributed by atoms with Crippen molar-refractivity contribution in [3.05, 3.63) is 77.4 Å². The second kappa shape index (κ2) is 13.2. The van der Waals surface area contributed by atoms with Crippen LogP contribution in [0.2, 0.25) is 0 Å². The number of aromatic nitrogens is 8. The van der Waals surface area contributed by atoms with Crippen molar-refractivity contribution in [1.29, 1.82) is 0 Å². The van der Waals surface area contributed by atoms with Crippen molar-refractivity contribution in [2.75, 3.05) is 17.7 Å². The average molecular weight is 755 g/mol. The Bertz CT molecular complexity index is 2440. The number of halogens is 1. The van der Waals surface area contributed by atoms with Gasteiger partial charge in [0.15, 0.2) is 46.8 Å². The number of aliphatic hydroxyl groups is 3. The molecule has 53 heavy (non-hydrogen) atoms. The van der Waals surface area contributed by atoms with Gasteiger partial charge in [-0.2, -0.15) is 4.98 Å². The van der Waals surface area contributed by atoms with Crippen molar-refractivity contribution in [2.45, 2.75) is 61.6 Å². The smallest absolute Gasteiger partial charge is 0.393 e. The lowest BCUT2D eigenvalue weighted by molar-refractivity contribution is -0.156. The highest BCUT2D eigenvalue weighted by Gasteiger charge is 2.62. The van der Waals surface area contributed by atoms with Gasteiger partial charge in [0.1, 0.15) is 30.2 Å². The number of benzene rings is 2. The Balaban J connectivity index is 1.08. The number of hydrogen-bond acceptors (Lipinski definition) is 15. The topological polar surface area (TPSA) is 291 Å². The number of ether oxygens (including phenoxy) is 2. The number of nitrogen functional groups attached to an aromatic ring is 1. The van der Waals surface area contributed by atoms with E-state index in [0.717, 1.165) is 27.2 Å². The van der Waals surface area contributed by atoms with E-state index in [0.29, 0.717) is 12.4 Å². The number of nitrogens with one attached hydrogen (secondary N) is 2. The molecule has 9 N–H and O–H groups in total. The first-order valence-corrected chi connectivity index (χ1v) is 17.7. The zero-order valence-corrected chi connectivity index (χ0v) is 28.1. The van der Waals surface area contributed by atoms with E-state index in [4.69, 9.17) is 19.7 Å². The van der Waals surface area contributed by atoms with Crippen LogP contribution in [0.15, 0.2) is 66.2 Å². The fourth-order valence-corrected chi connectivity index (χ4v) is 7.58. The summed E-state index contributed by atoms with van der Waals surface area (Å²) in [6, 6.07) is 13.9. The highest BCUT2D eigenvalue weighted by molar-refractivity contribution is 7.46. The molecular formula is C31H32FN10O10P. The minimum absolute atomic E-state index is 0.0798. The number of alkyl halides is 1. The van der Waals surface area contributed by atoms with E-state index in [-0.39, 0.29) is 28.3 Å². The second-order valence-corrected chi connectivity index (χ2v) is 14.0. The number of phosphoric acid groups is 1. The van der Waals surface area contributed by atoms with Gasteiger partial charge in [0, 0.05) is 13.0 Å². The number of hydrogen-bond donors (Lipinski definition) is 8. The quantitative estimate of drug-likeness (QED) is 0.0878. The number of fused-ring (bicyclic) bond motifs is 3. The summed E-state index contributed by atoms with van der Waals surface area (Å²) >= 11 is 0. The van der Waals surface area contributed by atoms with Crippen LogP contribution in [0, 0.1) is 0 Å². The van der Waals surface area contributed by atoms with Crippen LogP contribution in [0.3, 0.4) is 0 Å². The lowest BCUT2D eigenvalue weighted by atomic mass is 9.88. The molecular weight excluding hydrogens is 722 g/mol. The number of phosphoric ester groups is 1. The molecule has 0 radical (unpaired) electrons. The largest absolute Gasteiger partial charge is 0.470 e. The Morgan fingerprint density at radius 2 is 1.74 bits per heavy atom. The summed E-state index contributed by atoms with van der Waals surface area (Å²) in [5.41, 5.74) is 3.77.